The van der Waals surface area contributed by atoms with Gasteiger partial charge in [-0.2, -0.15) is 0 Å². The summed E-state index contributed by atoms with van der Waals surface area (Å²) in [6, 6.07) is 25.7. The second kappa shape index (κ2) is 15.7. The summed E-state index contributed by atoms with van der Waals surface area (Å²) in [4.78, 5) is 24.5. The van der Waals surface area contributed by atoms with Crippen molar-refractivity contribution in [1.82, 2.24) is 4.57 Å². The average molecular weight is 607 g/mol. The molecule has 0 spiro atoms. The summed E-state index contributed by atoms with van der Waals surface area (Å²) >= 11 is 0. The fourth-order valence-corrected chi connectivity index (χ4v) is 5.91. The Morgan fingerprint density at radius 2 is 1.24 bits per heavy atom. The molecule has 0 radical (unpaired) electrons. The van der Waals surface area contributed by atoms with Crippen LogP contribution in [0.15, 0.2) is 85.2 Å². The van der Waals surface area contributed by atoms with Crippen LogP contribution >= 0.6 is 0 Å². The van der Waals surface area contributed by atoms with Crippen LogP contribution in [0.25, 0.3) is 0 Å². The molecule has 0 aliphatic heterocycles. The first kappa shape index (κ1) is 33.8. The van der Waals surface area contributed by atoms with Gasteiger partial charge in [-0.1, -0.05) is 90.1 Å². The molecule has 4 aromatic rings. The number of unbranched alkanes of at least 4 members (excludes halogenated alkanes) is 1. The fourth-order valence-electron chi connectivity index (χ4n) is 5.91. The Morgan fingerprint density at radius 3 is 1.71 bits per heavy atom. The van der Waals surface area contributed by atoms with E-state index in [9.17, 15) is 9.59 Å². The van der Waals surface area contributed by atoms with Crippen molar-refractivity contribution < 1.29 is 14.7 Å². The molecule has 5 nitrogen and oxygen atoms in total. The van der Waals surface area contributed by atoms with Crippen molar-refractivity contribution in [2.24, 2.45) is 11.8 Å². The zero-order valence-electron chi connectivity index (χ0n) is 27.8. The normalized spacial score (nSPS) is 11.6. The van der Waals surface area contributed by atoms with Gasteiger partial charge in [-0.05, 0) is 95.5 Å². The molecule has 3 aromatic carbocycles. The number of hydrogen-bond donors (Lipinski definition) is 2. The van der Waals surface area contributed by atoms with Gasteiger partial charge < -0.3 is 15.0 Å². The van der Waals surface area contributed by atoms with E-state index in [1.807, 2.05) is 41.2 Å². The quantitative estimate of drug-likeness (QED) is 0.0984. The molecule has 0 saturated heterocycles. The highest BCUT2D eigenvalue weighted by Gasteiger charge is 2.20. The van der Waals surface area contributed by atoms with Crippen LogP contribution in [0.5, 0.6) is 0 Å². The van der Waals surface area contributed by atoms with E-state index < -0.39 is 5.97 Å². The SMILES string of the molecule is CC(C)Cc1ccc(C(Nc2ccc(C(=O)c3cn(CCCCC(=O)O)cc3C(C)C)cc2)c2ccc(CC(C)C)cc2)cc1. The van der Waals surface area contributed by atoms with E-state index in [0.717, 1.165) is 30.5 Å². The minimum atomic E-state index is -0.774. The zero-order valence-corrected chi connectivity index (χ0v) is 27.8. The summed E-state index contributed by atoms with van der Waals surface area (Å²) in [5, 5.41) is 12.7. The van der Waals surface area contributed by atoms with Crippen LogP contribution in [0.4, 0.5) is 5.69 Å². The highest BCUT2D eigenvalue weighted by Crippen LogP contribution is 2.30. The summed E-state index contributed by atoms with van der Waals surface area (Å²) in [7, 11) is 0. The van der Waals surface area contributed by atoms with Crippen LogP contribution in [0.1, 0.15) is 117 Å². The molecule has 5 heteroatoms. The van der Waals surface area contributed by atoms with Crippen molar-refractivity contribution in [1.29, 1.82) is 0 Å². The van der Waals surface area contributed by atoms with Crippen molar-refractivity contribution >= 4 is 17.4 Å². The number of aromatic nitrogens is 1. The molecule has 1 aromatic heterocycles. The van der Waals surface area contributed by atoms with Crippen LogP contribution in [0.2, 0.25) is 0 Å². The summed E-state index contributed by atoms with van der Waals surface area (Å²) in [6.07, 6.45) is 7.62. The Bertz CT molecular complexity index is 1470. The average Bonchev–Trinajstić information content (AvgIpc) is 3.43. The second-order valence-electron chi connectivity index (χ2n) is 13.5. The van der Waals surface area contributed by atoms with Crippen LogP contribution in [-0.2, 0) is 24.2 Å². The standard InChI is InChI=1S/C40H50N2O3/c1-27(2)23-30-10-14-32(15-11-30)39(33-16-12-31(13-17-33)24-28(3)4)41-35-20-18-34(19-21-35)40(45)37-26-42(25-36(37)29(5)6)22-8-7-9-38(43)44/h10-21,25-29,39,41H,7-9,22-24H2,1-6H3,(H,43,44). The van der Waals surface area contributed by atoms with Gasteiger partial charge in [0.15, 0.2) is 5.78 Å². The third kappa shape index (κ3) is 9.68. The Kier molecular flexibility index (Phi) is 11.8. The summed E-state index contributed by atoms with van der Waals surface area (Å²) in [5.41, 5.74) is 8.42. The summed E-state index contributed by atoms with van der Waals surface area (Å²) in [6.45, 7) is 13.9. The Balaban J connectivity index is 1.55. The number of nitrogens with zero attached hydrogens (tertiary/aromatic N) is 1. The van der Waals surface area contributed by atoms with Gasteiger partial charge in [0.05, 0.1) is 6.04 Å². The molecule has 0 saturated carbocycles. The van der Waals surface area contributed by atoms with Gasteiger partial charge in [0.25, 0.3) is 0 Å². The van der Waals surface area contributed by atoms with E-state index in [1.54, 1.807) is 0 Å². The molecule has 0 aliphatic carbocycles. The predicted molar refractivity (Wildman–Crippen MR) is 185 cm³/mol. The first-order chi connectivity index (χ1) is 21.5. The van der Waals surface area contributed by atoms with Gasteiger partial charge in [0.1, 0.15) is 0 Å². The molecule has 0 bridgehead atoms. The Labute approximate surface area is 269 Å². The fraction of sp³-hybridized carbons (Fsp3) is 0.400. The molecule has 0 amide bonds. The van der Waals surface area contributed by atoms with Gasteiger partial charge in [0.2, 0.25) is 0 Å². The zero-order chi connectivity index (χ0) is 32.5. The number of carbonyl (C=O) groups is 2. The van der Waals surface area contributed by atoms with Crippen molar-refractivity contribution in [3.05, 3.63) is 124 Å². The smallest absolute Gasteiger partial charge is 0.303 e. The highest BCUT2D eigenvalue weighted by atomic mass is 16.4. The third-order valence-electron chi connectivity index (χ3n) is 8.21. The summed E-state index contributed by atoms with van der Waals surface area (Å²) < 4.78 is 2.03. The molecule has 4 rings (SSSR count). The molecule has 0 aliphatic rings. The van der Waals surface area contributed by atoms with Gasteiger partial charge in [-0.25, -0.2) is 0 Å². The number of anilines is 1. The number of benzene rings is 3. The number of carboxylic acid groups (broad SMARTS) is 1. The first-order valence-electron chi connectivity index (χ1n) is 16.5. The van der Waals surface area contributed by atoms with E-state index in [0.29, 0.717) is 35.9 Å². The van der Waals surface area contributed by atoms with Gasteiger partial charge >= 0.3 is 5.97 Å². The van der Waals surface area contributed by atoms with E-state index in [4.69, 9.17) is 5.11 Å². The molecule has 0 unspecified atom stereocenters. The van der Waals surface area contributed by atoms with Crippen LogP contribution in [0, 0.1) is 11.8 Å². The lowest BCUT2D eigenvalue weighted by Gasteiger charge is -2.22. The highest BCUT2D eigenvalue weighted by molar-refractivity contribution is 6.10. The van der Waals surface area contributed by atoms with Crippen molar-refractivity contribution in [2.45, 2.75) is 92.2 Å². The van der Waals surface area contributed by atoms with Crippen molar-refractivity contribution in [3.63, 3.8) is 0 Å². The molecule has 2 N–H and O–H groups in total. The van der Waals surface area contributed by atoms with Crippen LogP contribution < -0.4 is 5.32 Å². The monoisotopic (exact) mass is 606 g/mol. The molecule has 0 atom stereocenters. The number of hydrogen-bond acceptors (Lipinski definition) is 3. The summed E-state index contributed by atoms with van der Waals surface area (Å²) in [5.74, 6) is 0.652. The third-order valence-corrected chi connectivity index (χ3v) is 8.21. The topological polar surface area (TPSA) is 71.3 Å². The lowest BCUT2D eigenvalue weighted by molar-refractivity contribution is -0.137. The molecule has 45 heavy (non-hydrogen) atoms. The maximum Gasteiger partial charge on any atom is 0.303 e. The molecule has 1 heterocycles. The minimum Gasteiger partial charge on any atom is -0.481 e. The number of aliphatic carboxylic acids is 1. The first-order valence-corrected chi connectivity index (χ1v) is 16.5. The number of aryl methyl sites for hydroxylation is 1. The number of carboxylic acids is 1. The molecular formula is C40H50N2O3. The molecule has 238 valence electrons. The minimum absolute atomic E-state index is 0.00701. The van der Waals surface area contributed by atoms with E-state index in [2.05, 4.69) is 95.4 Å². The van der Waals surface area contributed by atoms with Crippen LogP contribution in [-0.4, -0.2) is 21.4 Å². The maximum absolute atomic E-state index is 13.7. The van der Waals surface area contributed by atoms with Gasteiger partial charge in [0, 0.05) is 42.2 Å². The Hall–Kier alpha value is -4.12. The predicted octanol–water partition coefficient (Wildman–Crippen LogP) is 9.70. The Morgan fingerprint density at radius 1 is 0.711 bits per heavy atom. The second-order valence-corrected chi connectivity index (χ2v) is 13.5. The lowest BCUT2D eigenvalue weighted by atomic mass is 9.93. The number of ketones is 1. The van der Waals surface area contributed by atoms with Gasteiger partial charge in [-0.15, -0.1) is 0 Å². The van der Waals surface area contributed by atoms with E-state index in [-0.39, 0.29) is 24.2 Å². The van der Waals surface area contributed by atoms with Crippen LogP contribution in [0.3, 0.4) is 0 Å². The van der Waals surface area contributed by atoms with Gasteiger partial charge in [-0.3, -0.25) is 9.59 Å². The van der Waals surface area contributed by atoms with E-state index >= 15 is 0 Å². The maximum atomic E-state index is 13.7. The lowest BCUT2D eigenvalue weighted by Crippen LogP contribution is -2.13. The van der Waals surface area contributed by atoms with E-state index in [1.165, 1.54) is 22.3 Å². The molecular weight excluding hydrogens is 556 g/mol. The van der Waals surface area contributed by atoms with Crippen molar-refractivity contribution in [2.75, 3.05) is 5.32 Å². The number of nitrogens with one attached hydrogen (secondary N) is 1. The number of carbonyl (C=O) groups excluding carboxylic acids is 1. The largest absolute Gasteiger partial charge is 0.481 e. The molecule has 0 fully saturated rings. The van der Waals surface area contributed by atoms with Crippen molar-refractivity contribution in [3.8, 4) is 0 Å². The number of rotatable bonds is 16.